The fourth-order valence-electron chi connectivity index (χ4n) is 3.59. The van der Waals surface area contributed by atoms with Gasteiger partial charge in [0.15, 0.2) is 0 Å². The number of fused-ring (bicyclic) bond motifs is 1. The SMILES string of the molecule is CC(C)(C)c1cc(C(C)(C)C)c(OC(=O)[O-])cc1NC(=O)c1c[nH]c2ccccc2c1=O. The van der Waals surface area contributed by atoms with E-state index < -0.39 is 28.3 Å². The maximum Gasteiger partial charge on any atom is 0.261 e. The second kappa shape index (κ2) is 8.15. The lowest BCUT2D eigenvalue weighted by Crippen LogP contribution is -2.29. The van der Waals surface area contributed by atoms with Gasteiger partial charge in [-0.25, -0.2) is 0 Å². The second-order valence-corrected chi connectivity index (χ2v) is 9.78. The molecular weight excluding hydrogens is 408 g/mol. The number of pyridine rings is 1. The van der Waals surface area contributed by atoms with Gasteiger partial charge >= 0.3 is 0 Å². The van der Waals surface area contributed by atoms with E-state index in [1.54, 1.807) is 24.3 Å². The van der Waals surface area contributed by atoms with Crippen molar-refractivity contribution < 1.29 is 19.4 Å². The maximum absolute atomic E-state index is 13.1. The normalized spacial score (nSPS) is 11.9. The summed E-state index contributed by atoms with van der Waals surface area (Å²) < 4.78 is 4.94. The third kappa shape index (κ3) is 4.66. The molecule has 2 N–H and O–H groups in total. The predicted octanol–water partition coefficient (Wildman–Crippen LogP) is 4.10. The topological polar surface area (TPSA) is 111 Å². The van der Waals surface area contributed by atoms with Gasteiger partial charge in [0.05, 0.1) is 5.75 Å². The van der Waals surface area contributed by atoms with Crippen LogP contribution in [0.3, 0.4) is 0 Å². The molecule has 1 aromatic heterocycles. The summed E-state index contributed by atoms with van der Waals surface area (Å²) in [6.45, 7) is 11.7. The van der Waals surface area contributed by atoms with Gasteiger partial charge in [-0.05, 0) is 40.2 Å². The number of amides is 1. The van der Waals surface area contributed by atoms with Crippen LogP contribution in [0.4, 0.5) is 10.5 Å². The highest BCUT2D eigenvalue weighted by atomic mass is 16.7. The minimum absolute atomic E-state index is 0.0502. The zero-order valence-corrected chi connectivity index (χ0v) is 19.1. The Hall–Kier alpha value is -3.61. The van der Waals surface area contributed by atoms with Crippen LogP contribution in [-0.2, 0) is 10.8 Å². The Morgan fingerprint density at radius 2 is 1.59 bits per heavy atom. The van der Waals surface area contributed by atoms with Crippen LogP contribution in [0.5, 0.6) is 5.75 Å². The van der Waals surface area contributed by atoms with Crippen LogP contribution in [0, 0.1) is 0 Å². The van der Waals surface area contributed by atoms with Crippen molar-refractivity contribution in [1.29, 1.82) is 0 Å². The first kappa shape index (κ1) is 23.1. The van der Waals surface area contributed by atoms with Gasteiger partial charge in [0.1, 0.15) is 5.56 Å². The molecule has 0 radical (unpaired) electrons. The van der Waals surface area contributed by atoms with Gasteiger partial charge in [-0.3, -0.25) is 9.59 Å². The number of aromatic amines is 1. The lowest BCUT2D eigenvalue weighted by atomic mass is 9.79. The number of rotatable bonds is 3. The summed E-state index contributed by atoms with van der Waals surface area (Å²) in [6, 6.07) is 10.2. The van der Waals surface area contributed by atoms with Gasteiger partial charge in [-0.15, -0.1) is 0 Å². The summed E-state index contributed by atoms with van der Waals surface area (Å²) in [4.78, 5) is 40.1. The molecule has 0 fully saturated rings. The predicted molar refractivity (Wildman–Crippen MR) is 122 cm³/mol. The Bertz CT molecular complexity index is 1260. The molecule has 7 heteroatoms. The number of carbonyl (C=O) groups is 2. The summed E-state index contributed by atoms with van der Waals surface area (Å²) in [7, 11) is 0. The molecule has 168 valence electrons. The molecule has 0 saturated heterocycles. The molecule has 7 nitrogen and oxygen atoms in total. The summed E-state index contributed by atoms with van der Waals surface area (Å²) in [6.07, 6.45) is -0.318. The molecule has 1 amide bonds. The van der Waals surface area contributed by atoms with Gasteiger partial charge in [0, 0.05) is 22.8 Å². The number of H-pyrrole nitrogens is 1. The second-order valence-electron chi connectivity index (χ2n) is 9.78. The Morgan fingerprint density at radius 1 is 0.969 bits per heavy atom. The molecule has 0 bridgehead atoms. The van der Waals surface area contributed by atoms with E-state index in [4.69, 9.17) is 4.74 Å². The standard InChI is InChI=1S/C25H28N2O5/c1-24(2,3)16-11-17(25(4,5)6)20(32-23(30)31)12-19(16)27-22(29)15-13-26-18-10-8-7-9-14(18)21(15)28/h7-13H,1-6H3,(H,26,28)(H,27,29)(H,30,31)/p-1. The number of nitrogens with one attached hydrogen (secondary N) is 2. The highest BCUT2D eigenvalue weighted by Crippen LogP contribution is 2.40. The number of benzene rings is 2. The van der Waals surface area contributed by atoms with E-state index in [1.807, 2.05) is 47.6 Å². The molecule has 0 aliphatic rings. The minimum atomic E-state index is -1.69. The Labute approximate surface area is 186 Å². The van der Waals surface area contributed by atoms with Crippen molar-refractivity contribution in [3.63, 3.8) is 0 Å². The van der Waals surface area contributed by atoms with Crippen molar-refractivity contribution in [2.75, 3.05) is 5.32 Å². The highest BCUT2D eigenvalue weighted by Gasteiger charge is 2.26. The highest BCUT2D eigenvalue weighted by molar-refractivity contribution is 6.06. The van der Waals surface area contributed by atoms with Crippen LogP contribution in [0.2, 0.25) is 0 Å². The molecule has 3 aromatic rings. The maximum atomic E-state index is 13.1. The summed E-state index contributed by atoms with van der Waals surface area (Å²) in [5.41, 5.74) is 1.16. The lowest BCUT2D eigenvalue weighted by Gasteiger charge is -2.30. The first-order valence-electron chi connectivity index (χ1n) is 10.3. The van der Waals surface area contributed by atoms with E-state index in [0.29, 0.717) is 22.2 Å². The molecule has 0 aliphatic carbocycles. The molecule has 0 unspecified atom stereocenters. The van der Waals surface area contributed by atoms with E-state index in [9.17, 15) is 19.5 Å². The molecule has 2 aromatic carbocycles. The number of anilines is 1. The number of para-hydroxylation sites is 1. The van der Waals surface area contributed by atoms with E-state index in [-0.39, 0.29) is 11.3 Å². The van der Waals surface area contributed by atoms with Crippen LogP contribution >= 0.6 is 0 Å². The third-order valence-electron chi connectivity index (χ3n) is 5.21. The number of hydrogen-bond donors (Lipinski definition) is 2. The van der Waals surface area contributed by atoms with Crippen molar-refractivity contribution >= 4 is 28.7 Å². The molecule has 0 saturated carbocycles. The van der Waals surface area contributed by atoms with Crippen LogP contribution in [0.15, 0.2) is 47.4 Å². The van der Waals surface area contributed by atoms with Gasteiger partial charge in [-0.2, -0.15) is 0 Å². The van der Waals surface area contributed by atoms with Gasteiger partial charge in [0.25, 0.3) is 12.1 Å². The zero-order chi connectivity index (χ0) is 23.8. The third-order valence-corrected chi connectivity index (χ3v) is 5.21. The van der Waals surface area contributed by atoms with Gasteiger partial charge in [0.2, 0.25) is 5.43 Å². The fourth-order valence-corrected chi connectivity index (χ4v) is 3.59. The Balaban J connectivity index is 2.14. The van der Waals surface area contributed by atoms with Crippen molar-refractivity contribution in [3.05, 3.63) is 69.5 Å². The largest absolute Gasteiger partial charge is 0.514 e. The van der Waals surface area contributed by atoms with E-state index in [0.717, 1.165) is 5.56 Å². The smallest absolute Gasteiger partial charge is 0.261 e. The summed E-state index contributed by atoms with van der Waals surface area (Å²) in [5, 5.41) is 14.4. The quantitative estimate of drug-likeness (QED) is 0.475. The fraction of sp³-hybridized carbons (Fsp3) is 0.320. The van der Waals surface area contributed by atoms with Crippen molar-refractivity contribution in [1.82, 2.24) is 4.98 Å². The van der Waals surface area contributed by atoms with Crippen molar-refractivity contribution in [2.24, 2.45) is 0 Å². The Kier molecular flexibility index (Phi) is 5.87. The zero-order valence-electron chi connectivity index (χ0n) is 19.1. The average molecular weight is 436 g/mol. The first-order valence-corrected chi connectivity index (χ1v) is 10.3. The molecule has 0 atom stereocenters. The lowest BCUT2D eigenvalue weighted by molar-refractivity contribution is -0.271. The Morgan fingerprint density at radius 3 is 2.19 bits per heavy atom. The minimum Gasteiger partial charge on any atom is -0.514 e. The summed E-state index contributed by atoms with van der Waals surface area (Å²) in [5.74, 6) is -0.529. The van der Waals surface area contributed by atoms with Crippen molar-refractivity contribution in [2.45, 2.75) is 52.4 Å². The van der Waals surface area contributed by atoms with Gasteiger partial charge in [-0.1, -0.05) is 59.7 Å². The molecule has 32 heavy (non-hydrogen) atoms. The van der Waals surface area contributed by atoms with E-state index in [1.165, 1.54) is 12.3 Å². The number of ether oxygens (including phenoxy) is 1. The summed E-state index contributed by atoms with van der Waals surface area (Å²) >= 11 is 0. The van der Waals surface area contributed by atoms with E-state index in [2.05, 4.69) is 10.3 Å². The van der Waals surface area contributed by atoms with Crippen LogP contribution in [0.1, 0.15) is 63.0 Å². The van der Waals surface area contributed by atoms with Crippen LogP contribution < -0.4 is 20.6 Å². The molecule has 1 heterocycles. The molecular formula is C25H27N2O5-. The monoisotopic (exact) mass is 435 g/mol. The first-order chi connectivity index (χ1) is 14.8. The molecule has 0 aliphatic heterocycles. The average Bonchev–Trinajstić information content (AvgIpc) is 2.66. The molecule has 0 spiro atoms. The number of aromatic nitrogens is 1. The van der Waals surface area contributed by atoms with Crippen LogP contribution in [-0.4, -0.2) is 17.0 Å². The molecule has 3 rings (SSSR count). The van der Waals surface area contributed by atoms with Crippen LogP contribution in [0.25, 0.3) is 10.9 Å². The number of hydrogen-bond acceptors (Lipinski definition) is 5. The number of carbonyl (C=O) groups excluding carboxylic acids is 2. The van der Waals surface area contributed by atoms with E-state index >= 15 is 0 Å². The van der Waals surface area contributed by atoms with Gasteiger partial charge < -0.3 is 24.9 Å². The number of carboxylic acid groups (broad SMARTS) is 1. The van der Waals surface area contributed by atoms with Crippen molar-refractivity contribution in [3.8, 4) is 5.75 Å².